The average Bonchev–Trinajstić information content (AvgIpc) is 3.03. The van der Waals surface area contributed by atoms with Crippen molar-refractivity contribution in [3.8, 4) is 0 Å². The highest BCUT2D eigenvalue weighted by Gasteiger charge is 2.35. The summed E-state index contributed by atoms with van der Waals surface area (Å²) in [5, 5.41) is 0.544. The quantitative estimate of drug-likeness (QED) is 0.515. The average molecular weight is 327 g/mol. The molecule has 0 nitrogen and oxygen atoms in total. The second kappa shape index (κ2) is 7.83. The van der Waals surface area contributed by atoms with E-state index in [1.165, 1.54) is 51.4 Å². The van der Waals surface area contributed by atoms with Crippen molar-refractivity contribution in [3.05, 3.63) is 48.1 Å². The molecule has 0 aromatic rings. The van der Waals surface area contributed by atoms with Crippen molar-refractivity contribution in [3.63, 3.8) is 0 Å². The van der Waals surface area contributed by atoms with Gasteiger partial charge in [-0.2, -0.15) is 0 Å². The molecule has 126 valence electrons. The molecule has 0 aromatic carbocycles. The van der Waals surface area contributed by atoms with E-state index in [4.69, 9.17) is 0 Å². The second-order valence-corrected chi connectivity index (χ2v) is 10.9. The van der Waals surface area contributed by atoms with Crippen LogP contribution in [0, 0.1) is 11.8 Å². The third-order valence-corrected chi connectivity index (χ3v) is 9.32. The molecule has 1 heteroatoms. The molecular weight excluding hydrogens is 292 g/mol. The zero-order valence-corrected chi connectivity index (χ0v) is 16.6. The van der Waals surface area contributed by atoms with E-state index < -0.39 is 0 Å². The smallest absolute Gasteiger partial charge is 0.0451 e. The standard InChI is InChI=1S/C22H34Si/c1-3-18(2)20-13-10-14-21(20)23-22(15-8-5-9-16-22)17-19-11-6-4-7-12-19/h5,8-10,13-15,18-19,21H,3-4,6-7,11-12,16-17,23H2,1-2H3. The van der Waals surface area contributed by atoms with Crippen molar-refractivity contribution in [2.75, 3.05) is 0 Å². The molecule has 3 rings (SSSR count). The molecule has 3 aliphatic carbocycles. The Balaban J connectivity index is 1.72. The molecule has 23 heavy (non-hydrogen) atoms. The van der Waals surface area contributed by atoms with Crippen LogP contribution >= 0.6 is 0 Å². The Morgan fingerprint density at radius 1 is 1.17 bits per heavy atom. The van der Waals surface area contributed by atoms with E-state index in [0.29, 0.717) is 5.04 Å². The monoisotopic (exact) mass is 326 g/mol. The third kappa shape index (κ3) is 4.18. The summed E-state index contributed by atoms with van der Waals surface area (Å²) in [4.78, 5) is 0. The Kier molecular flexibility index (Phi) is 5.79. The van der Waals surface area contributed by atoms with Gasteiger partial charge < -0.3 is 0 Å². The lowest BCUT2D eigenvalue weighted by molar-refractivity contribution is 0.313. The van der Waals surface area contributed by atoms with Gasteiger partial charge in [-0.05, 0) is 41.7 Å². The van der Waals surface area contributed by atoms with Crippen LogP contribution in [-0.4, -0.2) is 9.52 Å². The molecule has 0 amide bonds. The summed E-state index contributed by atoms with van der Waals surface area (Å²) in [5.41, 5.74) is 2.55. The van der Waals surface area contributed by atoms with Gasteiger partial charge in [0.15, 0.2) is 0 Å². The minimum absolute atomic E-state index is 0.203. The van der Waals surface area contributed by atoms with Crippen molar-refractivity contribution < 1.29 is 0 Å². The Hall–Kier alpha value is -0.823. The maximum atomic E-state index is 2.62. The van der Waals surface area contributed by atoms with Gasteiger partial charge in [-0.3, -0.25) is 0 Å². The Morgan fingerprint density at radius 2 is 2.00 bits per heavy atom. The molecule has 0 spiro atoms. The van der Waals surface area contributed by atoms with E-state index in [9.17, 15) is 0 Å². The van der Waals surface area contributed by atoms with Crippen LogP contribution in [0.5, 0.6) is 0 Å². The lowest BCUT2D eigenvalue weighted by Gasteiger charge is -2.38. The minimum Gasteiger partial charge on any atom is -0.0840 e. The molecule has 0 aliphatic heterocycles. The fraction of sp³-hybridized carbons (Fsp3) is 0.636. The largest absolute Gasteiger partial charge is 0.0840 e. The van der Waals surface area contributed by atoms with Crippen LogP contribution < -0.4 is 0 Å². The molecule has 0 N–H and O–H groups in total. The van der Waals surface area contributed by atoms with E-state index in [0.717, 1.165) is 17.4 Å². The zero-order valence-electron chi connectivity index (χ0n) is 15.1. The highest BCUT2D eigenvalue weighted by atomic mass is 28.2. The summed E-state index contributed by atoms with van der Waals surface area (Å²) in [6, 6.07) is 0. The molecule has 1 fully saturated rings. The molecule has 3 unspecified atom stereocenters. The second-order valence-electron chi connectivity index (χ2n) is 8.23. The minimum atomic E-state index is -0.203. The summed E-state index contributed by atoms with van der Waals surface area (Å²) in [5.74, 6) is 1.76. The highest BCUT2D eigenvalue weighted by molar-refractivity contribution is 6.45. The van der Waals surface area contributed by atoms with Gasteiger partial charge in [-0.15, -0.1) is 0 Å². The van der Waals surface area contributed by atoms with Crippen molar-refractivity contribution in [2.24, 2.45) is 11.8 Å². The summed E-state index contributed by atoms with van der Waals surface area (Å²) in [6.07, 6.45) is 28.5. The third-order valence-electron chi connectivity index (χ3n) is 6.51. The first-order chi connectivity index (χ1) is 11.2. The predicted molar refractivity (Wildman–Crippen MR) is 106 cm³/mol. The van der Waals surface area contributed by atoms with Gasteiger partial charge in [0.2, 0.25) is 0 Å². The summed E-state index contributed by atoms with van der Waals surface area (Å²) >= 11 is 0. The van der Waals surface area contributed by atoms with E-state index in [2.05, 4.69) is 56.4 Å². The molecule has 0 radical (unpaired) electrons. The van der Waals surface area contributed by atoms with Gasteiger partial charge in [-0.1, -0.05) is 94.1 Å². The van der Waals surface area contributed by atoms with Crippen molar-refractivity contribution in [2.45, 2.75) is 75.8 Å². The first-order valence-corrected chi connectivity index (χ1v) is 11.5. The van der Waals surface area contributed by atoms with Crippen LogP contribution in [0.4, 0.5) is 0 Å². The molecule has 3 aliphatic rings. The normalized spacial score (nSPS) is 32.8. The summed E-state index contributed by atoms with van der Waals surface area (Å²) in [6.45, 7) is 4.76. The van der Waals surface area contributed by atoms with Gasteiger partial charge in [0.1, 0.15) is 0 Å². The number of hydrogen-bond donors (Lipinski definition) is 0. The predicted octanol–water partition coefficient (Wildman–Crippen LogP) is 6.13. The van der Waals surface area contributed by atoms with Gasteiger partial charge in [-0.25, -0.2) is 0 Å². The number of rotatable bonds is 6. The van der Waals surface area contributed by atoms with E-state index in [1.807, 2.05) is 0 Å². The maximum absolute atomic E-state index is 2.62. The Labute approximate surface area is 145 Å². The van der Waals surface area contributed by atoms with Crippen LogP contribution in [-0.2, 0) is 0 Å². The van der Waals surface area contributed by atoms with Crippen LogP contribution in [0.3, 0.4) is 0 Å². The highest BCUT2D eigenvalue weighted by Crippen LogP contribution is 2.49. The zero-order chi connectivity index (χ0) is 16.1. The topological polar surface area (TPSA) is 0 Å². The van der Waals surface area contributed by atoms with E-state index in [1.54, 1.807) is 5.57 Å². The Bertz CT molecular complexity index is 504. The van der Waals surface area contributed by atoms with Crippen LogP contribution in [0.1, 0.15) is 65.2 Å². The lowest BCUT2D eigenvalue weighted by atomic mass is 9.80. The fourth-order valence-electron chi connectivity index (χ4n) is 4.99. The first-order valence-electron chi connectivity index (χ1n) is 9.95. The fourth-order valence-corrected chi connectivity index (χ4v) is 8.11. The van der Waals surface area contributed by atoms with Crippen molar-refractivity contribution in [1.29, 1.82) is 0 Å². The molecular formula is C22H34Si. The van der Waals surface area contributed by atoms with Gasteiger partial charge >= 0.3 is 0 Å². The molecule has 0 bridgehead atoms. The van der Waals surface area contributed by atoms with Crippen LogP contribution in [0.2, 0.25) is 10.6 Å². The summed E-state index contributed by atoms with van der Waals surface area (Å²) < 4.78 is 0. The van der Waals surface area contributed by atoms with Crippen LogP contribution in [0.15, 0.2) is 48.1 Å². The van der Waals surface area contributed by atoms with Gasteiger partial charge in [0.05, 0.1) is 0 Å². The molecule has 1 saturated carbocycles. The SMILES string of the molecule is CCC(C)C1=CC=CC1[SiH2]C1(CC2CCCCC2)C=CC=CC1. The van der Waals surface area contributed by atoms with Gasteiger partial charge in [0.25, 0.3) is 0 Å². The molecule has 0 saturated heterocycles. The number of hydrogen-bond acceptors (Lipinski definition) is 0. The first kappa shape index (κ1) is 17.0. The number of allylic oxidation sites excluding steroid dienone is 8. The van der Waals surface area contributed by atoms with Gasteiger partial charge in [0, 0.05) is 9.52 Å². The van der Waals surface area contributed by atoms with E-state index in [-0.39, 0.29) is 9.52 Å². The van der Waals surface area contributed by atoms with Crippen molar-refractivity contribution in [1.82, 2.24) is 0 Å². The Morgan fingerprint density at radius 3 is 2.70 bits per heavy atom. The molecule has 0 aromatic heterocycles. The summed E-state index contributed by atoms with van der Waals surface area (Å²) in [7, 11) is -0.203. The molecule has 3 atom stereocenters. The van der Waals surface area contributed by atoms with E-state index >= 15 is 0 Å². The van der Waals surface area contributed by atoms with Crippen molar-refractivity contribution >= 4 is 9.52 Å². The maximum Gasteiger partial charge on any atom is 0.0451 e. The van der Waals surface area contributed by atoms with Crippen LogP contribution in [0.25, 0.3) is 0 Å². The lowest BCUT2D eigenvalue weighted by Crippen LogP contribution is -2.27. The molecule has 0 heterocycles.